The highest BCUT2D eigenvalue weighted by Gasteiger charge is 2.52. The first kappa shape index (κ1) is 16.1. The Kier molecular flexibility index (Phi) is 4.03. The molecule has 2 rings (SSSR count). The molecule has 1 unspecified atom stereocenters. The average molecular weight is 319 g/mol. The molecule has 0 bridgehead atoms. The highest BCUT2D eigenvalue weighted by molar-refractivity contribution is 7.89. The lowest BCUT2D eigenvalue weighted by atomic mass is 9.96. The number of benzene rings is 1. The van der Waals surface area contributed by atoms with Gasteiger partial charge in [0, 0.05) is 6.42 Å². The van der Waals surface area contributed by atoms with Crippen molar-refractivity contribution in [1.82, 2.24) is 4.31 Å². The Morgan fingerprint density at radius 3 is 2.45 bits per heavy atom. The summed E-state index contributed by atoms with van der Waals surface area (Å²) in [6.45, 7) is 7.39. The fourth-order valence-electron chi connectivity index (χ4n) is 2.31. The molecule has 1 amide bonds. The maximum Gasteiger partial charge on any atom is 0.430 e. The van der Waals surface area contributed by atoms with Crippen molar-refractivity contribution in [3.05, 3.63) is 42.1 Å². The molecule has 0 spiro atoms. The minimum atomic E-state index is -4.09. The van der Waals surface area contributed by atoms with Crippen LogP contribution in [-0.4, -0.2) is 24.4 Å². The lowest BCUT2D eigenvalue weighted by Gasteiger charge is -2.22. The molecule has 0 N–H and O–H groups in total. The van der Waals surface area contributed by atoms with Gasteiger partial charge in [0.2, 0.25) is 5.60 Å². The van der Waals surface area contributed by atoms with E-state index in [2.05, 4.69) is 12.5 Å². The van der Waals surface area contributed by atoms with Crippen LogP contribution in [0.1, 0.15) is 25.3 Å². The van der Waals surface area contributed by atoms with Gasteiger partial charge in [-0.3, -0.25) is 0 Å². The molecule has 1 saturated heterocycles. The van der Waals surface area contributed by atoms with Crippen molar-refractivity contribution in [1.29, 1.82) is 0 Å². The van der Waals surface area contributed by atoms with Gasteiger partial charge in [0.1, 0.15) is 0 Å². The van der Waals surface area contributed by atoms with Crippen LogP contribution in [-0.2, 0) is 14.8 Å². The summed E-state index contributed by atoms with van der Waals surface area (Å²) in [6.07, 6.45) is 5.38. The van der Waals surface area contributed by atoms with Crippen LogP contribution >= 0.6 is 0 Å². The molecule has 1 heterocycles. The molecule has 0 aliphatic carbocycles. The highest BCUT2D eigenvalue weighted by Crippen LogP contribution is 2.39. The fraction of sp³-hybridized carbons (Fsp3) is 0.312. The topological polar surface area (TPSA) is 63.7 Å². The summed E-state index contributed by atoms with van der Waals surface area (Å²) < 4.78 is 31.1. The number of hydrogen-bond acceptors (Lipinski definition) is 4. The highest BCUT2D eigenvalue weighted by atomic mass is 32.2. The maximum absolute atomic E-state index is 12.7. The number of ether oxygens (including phenoxy) is 1. The van der Waals surface area contributed by atoms with Crippen LogP contribution in [0.5, 0.6) is 0 Å². The molecule has 5 nitrogen and oxygen atoms in total. The van der Waals surface area contributed by atoms with E-state index < -0.39 is 21.7 Å². The van der Waals surface area contributed by atoms with E-state index in [9.17, 15) is 13.2 Å². The van der Waals surface area contributed by atoms with Crippen LogP contribution < -0.4 is 0 Å². The number of cyclic esters (lactones) is 1. The van der Waals surface area contributed by atoms with Crippen molar-refractivity contribution in [2.75, 3.05) is 0 Å². The van der Waals surface area contributed by atoms with E-state index in [0.717, 1.165) is 5.56 Å². The van der Waals surface area contributed by atoms with Crippen molar-refractivity contribution in [2.45, 2.75) is 37.2 Å². The van der Waals surface area contributed by atoms with Gasteiger partial charge in [0.15, 0.2) is 0 Å². The molecule has 1 aromatic carbocycles. The van der Waals surface area contributed by atoms with Crippen LogP contribution in [0, 0.1) is 19.3 Å². The Bertz CT molecular complexity index is 758. The molecule has 1 aliphatic heterocycles. The van der Waals surface area contributed by atoms with E-state index in [4.69, 9.17) is 11.2 Å². The Hall–Kier alpha value is -2.26. The van der Waals surface area contributed by atoms with E-state index in [-0.39, 0.29) is 10.6 Å². The summed E-state index contributed by atoms with van der Waals surface area (Å²) in [5, 5.41) is 0. The summed E-state index contributed by atoms with van der Waals surface area (Å²) >= 11 is 0. The number of carbonyl (C=O) groups excluding carboxylic acids is 1. The van der Waals surface area contributed by atoms with E-state index in [1.165, 1.54) is 12.1 Å². The third-order valence-corrected chi connectivity index (χ3v) is 5.25. The average Bonchev–Trinajstić information content (AvgIpc) is 2.71. The number of hydrogen-bond donors (Lipinski definition) is 0. The molecule has 1 aromatic rings. The third-order valence-electron chi connectivity index (χ3n) is 3.53. The molecule has 0 aromatic heterocycles. The SMILES string of the molecule is C#CC1(CCC)OC(=O)N(S(=O)(=O)c2ccc(C)cc2)C1=C. The Balaban J connectivity index is 2.48. The molecule has 1 fully saturated rings. The smallest absolute Gasteiger partial charge is 0.423 e. The quantitative estimate of drug-likeness (QED) is 0.801. The first-order valence-electron chi connectivity index (χ1n) is 6.80. The zero-order valence-corrected chi connectivity index (χ0v) is 13.3. The lowest BCUT2D eigenvalue weighted by molar-refractivity contribution is 0.102. The third kappa shape index (κ3) is 2.38. The molecule has 1 aliphatic rings. The molecule has 0 saturated carbocycles. The number of sulfonamides is 1. The van der Waals surface area contributed by atoms with Gasteiger partial charge in [-0.25, -0.2) is 13.2 Å². The monoisotopic (exact) mass is 319 g/mol. The maximum atomic E-state index is 12.7. The number of amides is 1. The molecular weight excluding hydrogens is 302 g/mol. The van der Waals surface area contributed by atoms with E-state index in [0.29, 0.717) is 17.1 Å². The minimum Gasteiger partial charge on any atom is -0.423 e. The van der Waals surface area contributed by atoms with Gasteiger partial charge < -0.3 is 4.74 Å². The lowest BCUT2D eigenvalue weighted by Crippen LogP contribution is -2.33. The number of nitrogens with zero attached hydrogens (tertiary/aromatic N) is 1. The van der Waals surface area contributed by atoms with Crippen molar-refractivity contribution in [3.8, 4) is 12.3 Å². The largest absolute Gasteiger partial charge is 0.430 e. The second-order valence-corrected chi connectivity index (χ2v) is 6.91. The van der Waals surface area contributed by atoms with Crippen molar-refractivity contribution in [3.63, 3.8) is 0 Å². The van der Waals surface area contributed by atoms with Crippen molar-refractivity contribution in [2.24, 2.45) is 0 Å². The van der Waals surface area contributed by atoms with Gasteiger partial charge in [-0.2, -0.15) is 4.31 Å². The molecule has 1 atom stereocenters. The van der Waals surface area contributed by atoms with Gasteiger partial charge in [0.05, 0.1) is 10.6 Å². The summed E-state index contributed by atoms with van der Waals surface area (Å²) in [5.74, 6) is 2.37. The van der Waals surface area contributed by atoms with Crippen LogP contribution in [0.3, 0.4) is 0 Å². The second kappa shape index (κ2) is 5.50. The normalized spacial score (nSPS) is 21.6. The van der Waals surface area contributed by atoms with E-state index in [1.807, 2.05) is 13.8 Å². The number of rotatable bonds is 4. The van der Waals surface area contributed by atoms with Crippen molar-refractivity contribution < 1.29 is 17.9 Å². The Labute approximate surface area is 130 Å². The summed E-state index contributed by atoms with van der Waals surface area (Å²) in [5.41, 5.74) is -0.531. The van der Waals surface area contributed by atoms with Gasteiger partial charge in [-0.15, -0.1) is 6.42 Å². The minimum absolute atomic E-state index is 0.0134. The fourth-order valence-corrected chi connectivity index (χ4v) is 3.68. The number of carbonyl (C=O) groups is 1. The Morgan fingerprint density at radius 2 is 1.95 bits per heavy atom. The predicted molar refractivity (Wildman–Crippen MR) is 82.3 cm³/mol. The summed E-state index contributed by atoms with van der Waals surface area (Å²) in [6, 6.07) is 6.16. The molecule has 0 radical (unpaired) electrons. The standard InChI is InChI=1S/C16H17NO4S/c1-5-11-16(6-2)13(4)17(15(18)21-16)22(19,20)14-9-7-12(3)8-10-14/h2,7-10H,4-5,11H2,1,3H3. The Morgan fingerprint density at radius 1 is 1.36 bits per heavy atom. The predicted octanol–water partition coefficient (Wildman–Crippen LogP) is 2.82. The molecular formula is C16H17NO4S. The van der Waals surface area contributed by atoms with Gasteiger partial charge in [0.25, 0.3) is 10.0 Å². The summed E-state index contributed by atoms with van der Waals surface area (Å²) in [7, 11) is -4.09. The van der Waals surface area contributed by atoms with Gasteiger partial charge >= 0.3 is 6.09 Å². The number of terminal acetylenes is 1. The molecule has 116 valence electrons. The zero-order chi connectivity index (χ0) is 16.5. The number of aryl methyl sites for hydroxylation is 1. The first-order valence-corrected chi connectivity index (χ1v) is 8.24. The van der Waals surface area contributed by atoms with Crippen LogP contribution in [0.15, 0.2) is 41.4 Å². The second-order valence-electron chi connectivity index (χ2n) is 5.12. The van der Waals surface area contributed by atoms with Crippen LogP contribution in [0.4, 0.5) is 4.79 Å². The van der Waals surface area contributed by atoms with Crippen LogP contribution in [0.25, 0.3) is 0 Å². The van der Waals surface area contributed by atoms with Gasteiger partial charge in [-0.1, -0.05) is 43.5 Å². The molecule has 6 heteroatoms. The van der Waals surface area contributed by atoms with E-state index in [1.54, 1.807) is 12.1 Å². The van der Waals surface area contributed by atoms with E-state index >= 15 is 0 Å². The van der Waals surface area contributed by atoms with Crippen molar-refractivity contribution >= 4 is 16.1 Å². The first-order chi connectivity index (χ1) is 10.3. The van der Waals surface area contributed by atoms with Gasteiger partial charge in [-0.05, 0) is 19.1 Å². The zero-order valence-electron chi connectivity index (χ0n) is 12.5. The summed E-state index contributed by atoms with van der Waals surface area (Å²) in [4.78, 5) is 12.1. The van der Waals surface area contributed by atoms with Crippen LogP contribution in [0.2, 0.25) is 0 Å². The molecule has 22 heavy (non-hydrogen) atoms.